The highest BCUT2D eigenvalue weighted by Gasteiger charge is 2.05. The van der Waals surface area contributed by atoms with Gasteiger partial charge in [0.05, 0.1) is 5.75 Å². The van der Waals surface area contributed by atoms with Gasteiger partial charge in [-0.3, -0.25) is 9.65 Å². The number of rotatable bonds is 4. The van der Waals surface area contributed by atoms with Crippen molar-refractivity contribution in [2.45, 2.75) is 4.34 Å². The Labute approximate surface area is 88.3 Å². The average Bonchev–Trinajstić information content (AvgIpc) is 2.33. The van der Waals surface area contributed by atoms with Crippen molar-refractivity contribution in [1.82, 2.24) is 10.2 Å². The fourth-order valence-electron chi connectivity index (χ4n) is 0.512. The highest BCUT2D eigenvalue weighted by atomic mass is 32.2. The Morgan fingerprint density at radius 2 is 2.38 bits per heavy atom. The molecule has 5 nitrogen and oxygen atoms in total. The molecule has 0 aliphatic rings. The van der Waals surface area contributed by atoms with Gasteiger partial charge in [-0.25, -0.2) is 0 Å². The van der Waals surface area contributed by atoms with Crippen LogP contribution >= 0.6 is 35.3 Å². The fraction of sp³-hybridized carbons (Fsp3) is 0.500. The molecule has 0 aliphatic heterocycles. The second-order valence-corrected chi connectivity index (χ2v) is 6.59. The molecule has 0 saturated heterocycles. The van der Waals surface area contributed by atoms with E-state index in [2.05, 4.69) is 10.2 Å². The van der Waals surface area contributed by atoms with Gasteiger partial charge in [-0.1, -0.05) is 23.1 Å². The SMILES string of the molecule is O=S(=O)(O)CCSc1n[nH]c(=S)s1. The third-order valence-electron chi connectivity index (χ3n) is 0.985. The van der Waals surface area contributed by atoms with Gasteiger partial charge in [0, 0.05) is 5.75 Å². The van der Waals surface area contributed by atoms with Crippen LogP contribution in [0.2, 0.25) is 0 Å². The van der Waals surface area contributed by atoms with Crippen molar-refractivity contribution in [3.8, 4) is 0 Å². The molecule has 13 heavy (non-hydrogen) atoms. The molecule has 0 bridgehead atoms. The summed E-state index contributed by atoms with van der Waals surface area (Å²) in [5, 5.41) is 6.38. The molecule has 1 aromatic heterocycles. The highest BCUT2D eigenvalue weighted by Crippen LogP contribution is 2.19. The lowest BCUT2D eigenvalue weighted by Crippen LogP contribution is -2.05. The van der Waals surface area contributed by atoms with Crippen LogP contribution in [0.3, 0.4) is 0 Å². The molecule has 0 atom stereocenters. The molecule has 74 valence electrons. The topological polar surface area (TPSA) is 83.1 Å². The zero-order valence-electron chi connectivity index (χ0n) is 6.26. The Balaban J connectivity index is 2.41. The first-order chi connectivity index (χ1) is 5.97. The van der Waals surface area contributed by atoms with E-state index in [1.807, 2.05) is 0 Å². The van der Waals surface area contributed by atoms with Crippen LogP contribution in [0.15, 0.2) is 4.34 Å². The number of aromatic amines is 1. The largest absolute Gasteiger partial charge is 0.286 e. The third kappa shape index (κ3) is 4.72. The first-order valence-corrected chi connectivity index (χ1v) is 6.93. The average molecular weight is 258 g/mol. The van der Waals surface area contributed by atoms with Crippen LogP contribution in [0.4, 0.5) is 0 Å². The van der Waals surface area contributed by atoms with Crippen molar-refractivity contribution >= 4 is 45.4 Å². The third-order valence-corrected chi connectivity index (χ3v) is 4.20. The van der Waals surface area contributed by atoms with Crippen LogP contribution in [-0.4, -0.2) is 34.7 Å². The van der Waals surface area contributed by atoms with Crippen molar-refractivity contribution in [2.75, 3.05) is 11.5 Å². The van der Waals surface area contributed by atoms with E-state index in [1.165, 1.54) is 23.1 Å². The molecule has 1 heterocycles. The summed E-state index contributed by atoms with van der Waals surface area (Å²) in [6.45, 7) is 0. The number of thioether (sulfide) groups is 1. The molecule has 0 aromatic carbocycles. The first-order valence-electron chi connectivity index (χ1n) is 3.11. The lowest BCUT2D eigenvalue weighted by atomic mass is 11.0. The molecule has 0 amide bonds. The maximum Gasteiger partial charge on any atom is 0.265 e. The second kappa shape index (κ2) is 4.51. The van der Waals surface area contributed by atoms with Crippen LogP contribution in [0, 0.1) is 3.95 Å². The van der Waals surface area contributed by atoms with Gasteiger partial charge >= 0.3 is 0 Å². The van der Waals surface area contributed by atoms with E-state index < -0.39 is 10.1 Å². The smallest absolute Gasteiger partial charge is 0.265 e. The predicted octanol–water partition coefficient (Wildman–Crippen LogP) is 1.18. The van der Waals surface area contributed by atoms with E-state index in [0.29, 0.717) is 8.29 Å². The molecule has 0 spiro atoms. The number of nitrogens with zero attached hydrogens (tertiary/aromatic N) is 1. The molecular formula is C4H6N2O3S4. The molecule has 9 heteroatoms. The van der Waals surface area contributed by atoms with Crippen molar-refractivity contribution in [3.05, 3.63) is 3.95 Å². The number of hydrogen-bond acceptors (Lipinski definition) is 6. The molecule has 0 fully saturated rings. The Hall–Kier alpha value is 0.0400. The van der Waals surface area contributed by atoms with E-state index in [1.54, 1.807) is 0 Å². The van der Waals surface area contributed by atoms with Crippen molar-refractivity contribution < 1.29 is 13.0 Å². The lowest BCUT2D eigenvalue weighted by Gasteiger charge is -1.93. The monoisotopic (exact) mass is 258 g/mol. The van der Waals surface area contributed by atoms with Gasteiger partial charge in [0.1, 0.15) is 0 Å². The van der Waals surface area contributed by atoms with E-state index in [9.17, 15) is 8.42 Å². The first kappa shape index (κ1) is 11.1. The van der Waals surface area contributed by atoms with Gasteiger partial charge in [0.25, 0.3) is 10.1 Å². The van der Waals surface area contributed by atoms with Crippen LogP contribution in [0.1, 0.15) is 0 Å². The summed E-state index contributed by atoms with van der Waals surface area (Å²) in [7, 11) is -3.87. The minimum absolute atomic E-state index is 0.273. The Morgan fingerprint density at radius 3 is 2.85 bits per heavy atom. The Bertz CT molecular complexity index is 419. The predicted molar refractivity (Wildman–Crippen MR) is 54.4 cm³/mol. The summed E-state index contributed by atoms with van der Waals surface area (Å²) in [4.78, 5) is 0. The number of aromatic nitrogens is 2. The summed E-state index contributed by atoms with van der Waals surface area (Å²) < 4.78 is 30.3. The number of H-pyrrole nitrogens is 1. The van der Waals surface area contributed by atoms with Crippen molar-refractivity contribution in [3.63, 3.8) is 0 Å². The van der Waals surface area contributed by atoms with E-state index in [4.69, 9.17) is 16.8 Å². The summed E-state index contributed by atoms with van der Waals surface area (Å²) in [5.41, 5.74) is 0. The van der Waals surface area contributed by atoms with Gasteiger partial charge < -0.3 is 0 Å². The lowest BCUT2D eigenvalue weighted by molar-refractivity contribution is 0.485. The Morgan fingerprint density at radius 1 is 1.69 bits per heavy atom. The number of nitrogens with one attached hydrogen (secondary N) is 1. The molecule has 0 saturated carbocycles. The molecule has 0 aliphatic carbocycles. The molecule has 0 unspecified atom stereocenters. The maximum atomic E-state index is 10.3. The minimum Gasteiger partial charge on any atom is -0.286 e. The molecule has 2 N–H and O–H groups in total. The van der Waals surface area contributed by atoms with Gasteiger partial charge in [-0.2, -0.15) is 13.5 Å². The summed E-state index contributed by atoms with van der Waals surface area (Å²) in [6, 6.07) is 0. The standard InChI is InChI=1S/C4H6N2O3S4/c7-13(8,9)2-1-11-4-6-5-3(10)12-4/h1-2H2,(H,5,10)(H,7,8,9). The zero-order chi connectivity index (χ0) is 9.90. The normalized spacial score (nSPS) is 11.8. The highest BCUT2D eigenvalue weighted by molar-refractivity contribution is 8.01. The van der Waals surface area contributed by atoms with E-state index in [0.717, 1.165) is 0 Å². The van der Waals surface area contributed by atoms with Gasteiger partial charge in [0.15, 0.2) is 8.29 Å². The Kier molecular flexibility index (Phi) is 3.86. The van der Waals surface area contributed by atoms with Crippen LogP contribution in [-0.2, 0) is 10.1 Å². The van der Waals surface area contributed by atoms with Crippen LogP contribution in [0.5, 0.6) is 0 Å². The van der Waals surface area contributed by atoms with Gasteiger partial charge in [-0.05, 0) is 12.2 Å². The second-order valence-electron chi connectivity index (χ2n) is 2.01. The summed E-state index contributed by atoms with van der Waals surface area (Å²) in [6.07, 6.45) is 0. The van der Waals surface area contributed by atoms with Crippen molar-refractivity contribution in [2.24, 2.45) is 0 Å². The minimum atomic E-state index is -3.87. The summed E-state index contributed by atoms with van der Waals surface area (Å²) >= 11 is 7.29. The fourth-order valence-corrected chi connectivity index (χ4v) is 3.49. The van der Waals surface area contributed by atoms with E-state index >= 15 is 0 Å². The number of hydrogen-bond donors (Lipinski definition) is 2. The molecule has 0 radical (unpaired) electrons. The van der Waals surface area contributed by atoms with Crippen LogP contribution in [0.25, 0.3) is 0 Å². The van der Waals surface area contributed by atoms with Gasteiger partial charge in [0.2, 0.25) is 0 Å². The molecule has 1 rings (SSSR count). The van der Waals surface area contributed by atoms with Crippen molar-refractivity contribution in [1.29, 1.82) is 0 Å². The summed E-state index contributed by atoms with van der Waals surface area (Å²) in [5.74, 6) is -0.00102. The molecular weight excluding hydrogens is 252 g/mol. The quantitative estimate of drug-likeness (QED) is 0.479. The molecule has 1 aromatic rings. The van der Waals surface area contributed by atoms with Crippen LogP contribution < -0.4 is 0 Å². The van der Waals surface area contributed by atoms with Gasteiger partial charge in [-0.15, -0.1) is 0 Å². The maximum absolute atomic E-state index is 10.3. The zero-order valence-corrected chi connectivity index (χ0v) is 9.52. The van der Waals surface area contributed by atoms with E-state index in [-0.39, 0.29) is 11.5 Å².